The van der Waals surface area contributed by atoms with Gasteiger partial charge in [-0.2, -0.15) is 0 Å². The van der Waals surface area contributed by atoms with Gasteiger partial charge in [-0.25, -0.2) is 4.79 Å². The normalized spacial score (nSPS) is 17.4. The maximum absolute atomic E-state index is 12.4. The van der Waals surface area contributed by atoms with Gasteiger partial charge in [0.25, 0.3) is 0 Å². The Morgan fingerprint density at radius 3 is 2.88 bits per heavy atom. The number of nitrogens with zero attached hydrogens (tertiary/aromatic N) is 1. The second-order valence-electron chi connectivity index (χ2n) is 6.23. The van der Waals surface area contributed by atoms with Gasteiger partial charge in [0.2, 0.25) is 5.91 Å². The van der Waals surface area contributed by atoms with Gasteiger partial charge in [-0.05, 0) is 44.0 Å². The lowest BCUT2D eigenvalue weighted by atomic mass is 9.97. The van der Waals surface area contributed by atoms with Crippen LogP contribution in [-0.2, 0) is 4.79 Å². The second kappa shape index (κ2) is 9.27. The van der Waals surface area contributed by atoms with E-state index in [9.17, 15) is 9.59 Å². The third-order valence-corrected chi connectivity index (χ3v) is 4.20. The maximum Gasteiger partial charge on any atom is 0.321 e. The first-order valence-electron chi connectivity index (χ1n) is 8.71. The molecule has 1 aliphatic heterocycles. The highest BCUT2D eigenvalue weighted by Gasteiger charge is 2.28. The topological polar surface area (TPSA) is 73.5 Å². The Morgan fingerprint density at radius 1 is 1.29 bits per heavy atom. The molecule has 1 aromatic carbocycles. The summed E-state index contributed by atoms with van der Waals surface area (Å²) >= 11 is 0. The summed E-state index contributed by atoms with van der Waals surface area (Å²) in [5.41, 5.74) is 1.89. The number of piperidine rings is 1. The standard InChI is InChI=1S/C18H28N4O2/c1-3-19-9-10-20-17(23)15-7-5-11-22(13-15)18(24)21-16-8-4-6-14(2)12-16/h4,6,8,12,15,19H,3,5,7,9-11,13H2,1-2H3,(H,20,23)(H,21,24). The molecule has 0 saturated carbocycles. The number of urea groups is 1. The van der Waals surface area contributed by atoms with Crippen LogP contribution in [0.5, 0.6) is 0 Å². The van der Waals surface area contributed by atoms with E-state index in [0.717, 1.165) is 37.2 Å². The van der Waals surface area contributed by atoms with Gasteiger partial charge in [0.15, 0.2) is 0 Å². The van der Waals surface area contributed by atoms with Crippen molar-refractivity contribution < 1.29 is 9.59 Å². The smallest absolute Gasteiger partial charge is 0.321 e. The van der Waals surface area contributed by atoms with Gasteiger partial charge in [0.05, 0.1) is 5.92 Å². The van der Waals surface area contributed by atoms with Crippen LogP contribution < -0.4 is 16.0 Å². The van der Waals surface area contributed by atoms with Crippen molar-refractivity contribution >= 4 is 17.6 Å². The maximum atomic E-state index is 12.4. The van der Waals surface area contributed by atoms with Gasteiger partial charge >= 0.3 is 6.03 Å². The van der Waals surface area contributed by atoms with E-state index >= 15 is 0 Å². The molecule has 1 saturated heterocycles. The highest BCUT2D eigenvalue weighted by molar-refractivity contribution is 5.90. The number of nitrogens with one attached hydrogen (secondary N) is 3. The number of rotatable bonds is 6. The third-order valence-electron chi connectivity index (χ3n) is 4.20. The Hall–Kier alpha value is -2.08. The Morgan fingerprint density at radius 2 is 2.12 bits per heavy atom. The molecular formula is C18H28N4O2. The predicted molar refractivity (Wildman–Crippen MR) is 96.0 cm³/mol. The van der Waals surface area contributed by atoms with Crippen molar-refractivity contribution in [2.24, 2.45) is 5.92 Å². The number of amides is 3. The van der Waals surface area contributed by atoms with Gasteiger partial charge in [0.1, 0.15) is 0 Å². The molecule has 1 fully saturated rings. The molecule has 6 heteroatoms. The predicted octanol–water partition coefficient (Wildman–Crippen LogP) is 1.96. The van der Waals surface area contributed by atoms with E-state index in [0.29, 0.717) is 19.6 Å². The molecule has 6 nitrogen and oxygen atoms in total. The van der Waals surface area contributed by atoms with Crippen molar-refractivity contribution in [2.45, 2.75) is 26.7 Å². The molecule has 1 aliphatic rings. The van der Waals surface area contributed by atoms with Crippen LogP contribution in [0.2, 0.25) is 0 Å². The fourth-order valence-corrected chi connectivity index (χ4v) is 2.90. The Kier molecular flexibility index (Phi) is 7.06. The molecule has 3 amide bonds. The van der Waals surface area contributed by atoms with Crippen LogP contribution in [0.4, 0.5) is 10.5 Å². The zero-order chi connectivity index (χ0) is 17.4. The minimum atomic E-state index is -0.134. The first-order valence-corrected chi connectivity index (χ1v) is 8.71. The van der Waals surface area contributed by atoms with Gasteiger partial charge in [-0.3, -0.25) is 4.79 Å². The first kappa shape index (κ1) is 18.3. The average molecular weight is 332 g/mol. The lowest BCUT2D eigenvalue weighted by molar-refractivity contribution is -0.126. The van der Waals surface area contributed by atoms with E-state index in [4.69, 9.17) is 0 Å². The van der Waals surface area contributed by atoms with Crippen LogP contribution in [0.3, 0.4) is 0 Å². The summed E-state index contributed by atoms with van der Waals surface area (Å²) in [6, 6.07) is 7.59. The van der Waals surface area contributed by atoms with E-state index in [1.165, 1.54) is 0 Å². The average Bonchev–Trinajstić information content (AvgIpc) is 2.58. The lowest BCUT2D eigenvalue weighted by Crippen LogP contribution is -2.47. The third kappa shape index (κ3) is 5.53. The van der Waals surface area contributed by atoms with E-state index in [1.807, 2.05) is 38.1 Å². The summed E-state index contributed by atoms with van der Waals surface area (Å²) in [5, 5.41) is 9.04. The summed E-state index contributed by atoms with van der Waals surface area (Å²) in [4.78, 5) is 26.4. The summed E-state index contributed by atoms with van der Waals surface area (Å²) in [6.07, 6.45) is 1.69. The van der Waals surface area contributed by atoms with Crippen molar-refractivity contribution in [3.63, 3.8) is 0 Å². The SMILES string of the molecule is CCNCCNC(=O)C1CCCN(C(=O)Nc2cccc(C)c2)C1. The highest BCUT2D eigenvalue weighted by atomic mass is 16.2. The fraction of sp³-hybridized carbons (Fsp3) is 0.556. The molecule has 1 heterocycles. The molecule has 1 atom stereocenters. The minimum absolute atomic E-state index is 0.0426. The van der Waals surface area contributed by atoms with Crippen LogP contribution in [0.1, 0.15) is 25.3 Å². The number of carbonyl (C=O) groups excluding carboxylic acids is 2. The number of likely N-dealkylation sites (N-methyl/N-ethyl adjacent to an activating group) is 1. The summed E-state index contributed by atoms with van der Waals surface area (Å²) in [7, 11) is 0. The van der Waals surface area contributed by atoms with Gasteiger partial charge in [-0.1, -0.05) is 19.1 Å². The van der Waals surface area contributed by atoms with Gasteiger partial charge in [-0.15, -0.1) is 0 Å². The first-order chi connectivity index (χ1) is 11.6. The number of likely N-dealkylation sites (tertiary alicyclic amines) is 1. The zero-order valence-electron chi connectivity index (χ0n) is 14.6. The van der Waals surface area contributed by atoms with Crippen molar-refractivity contribution in [3.05, 3.63) is 29.8 Å². The number of hydrogen-bond donors (Lipinski definition) is 3. The van der Waals surface area contributed by atoms with E-state index in [1.54, 1.807) is 4.90 Å². The molecule has 0 aliphatic carbocycles. The van der Waals surface area contributed by atoms with Crippen molar-refractivity contribution in [3.8, 4) is 0 Å². The number of benzene rings is 1. The number of carbonyl (C=O) groups is 2. The quantitative estimate of drug-likeness (QED) is 0.697. The summed E-state index contributed by atoms with van der Waals surface area (Å²) in [6.45, 7) is 7.49. The van der Waals surface area contributed by atoms with Crippen LogP contribution in [-0.4, -0.2) is 49.6 Å². The fourth-order valence-electron chi connectivity index (χ4n) is 2.90. The Balaban J connectivity index is 1.83. The van der Waals surface area contributed by atoms with E-state index in [-0.39, 0.29) is 17.9 Å². The molecular weight excluding hydrogens is 304 g/mol. The van der Waals surface area contributed by atoms with E-state index in [2.05, 4.69) is 16.0 Å². The molecule has 1 unspecified atom stereocenters. The minimum Gasteiger partial charge on any atom is -0.355 e. The molecule has 3 N–H and O–H groups in total. The van der Waals surface area contributed by atoms with Crippen molar-refractivity contribution in [2.75, 3.05) is 38.0 Å². The molecule has 0 radical (unpaired) electrons. The molecule has 132 valence electrons. The van der Waals surface area contributed by atoms with Crippen LogP contribution in [0.25, 0.3) is 0 Å². The molecule has 24 heavy (non-hydrogen) atoms. The highest BCUT2D eigenvalue weighted by Crippen LogP contribution is 2.18. The summed E-state index contributed by atoms with van der Waals surface area (Å²) < 4.78 is 0. The monoisotopic (exact) mass is 332 g/mol. The van der Waals surface area contributed by atoms with Gasteiger partial charge < -0.3 is 20.9 Å². The molecule has 2 rings (SSSR count). The Bertz CT molecular complexity index is 562. The summed E-state index contributed by atoms with van der Waals surface area (Å²) in [5.74, 6) is -0.0791. The molecule has 0 aromatic heterocycles. The lowest BCUT2D eigenvalue weighted by Gasteiger charge is -2.32. The number of hydrogen-bond acceptors (Lipinski definition) is 3. The van der Waals surface area contributed by atoms with Crippen molar-refractivity contribution in [1.82, 2.24) is 15.5 Å². The van der Waals surface area contributed by atoms with Crippen molar-refractivity contribution in [1.29, 1.82) is 0 Å². The zero-order valence-corrected chi connectivity index (χ0v) is 14.6. The Labute approximate surface area is 144 Å². The van der Waals surface area contributed by atoms with Crippen LogP contribution >= 0.6 is 0 Å². The number of aryl methyl sites for hydroxylation is 1. The molecule has 1 aromatic rings. The number of anilines is 1. The van der Waals surface area contributed by atoms with Gasteiger partial charge in [0, 0.05) is 31.9 Å². The molecule has 0 spiro atoms. The van der Waals surface area contributed by atoms with Crippen LogP contribution in [0, 0.1) is 12.8 Å². The second-order valence-corrected chi connectivity index (χ2v) is 6.23. The largest absolute Gasteiger partial charge is 0.355 e. The van der Waals surface area contributed by atoms with Crippen LogP contribution in [0.15, 0.2) is 24.3 Å². The molecule has 0 bridgehead atoms. The van der Waals surface area contributed by atoms with E-state index < -0.39 is 0 Å².